The van der Waals surface area contributed by atoms with Crippen molar-refractivity contribution in [2.24, 2.45) is 0 Å². The van der Waals surface area contributed by atoms with Gasteiger partial charge in [0.25, 0.3) is 5.95 Å². The molecule has 2 aromatic heterocycles. The summed E-state index contributed by atoms with van der Waals surface area (Å²) in [6, 6.07) is 19.1. The molecule has 0 saturated heterocycles. The number of aromatic nitrogens is 8. The second-order valence-corrected chi connectivity index (χ2v) is 6.03. The van der Waals surface area contributed by atoms with Crippen LogP contribution in [0, 0.1) is 0 Å². The van der Waals surface area contributed by atoms with Gasteiger partial charge in [-0.1, -0.05) is 36.4 Å². The van der Waals surface area contributed by atoms with Crippen molar-refractivity contribution in [1.29, 1.82) is 0 Å². The van der Waals surface area contributed by atoms with Crippen LogP contribution in [0.2, 0.25) is 0 Å². The summed E-state index contributed by atoms with van der Waals surface area (Å²) < 4.78 is 14.8. The zero-order chi connectivity index (χ0) is 20.8. The van der Waals surface area contributed by atoms with Gasteiger partial charge in [0, 0.05) is 0 Å². The van der Waals surface area contributed by atoms with Crippen LogP contribution in [-0.2, 0) is 9.47 Å². The average molecular weight is 404 g/mol. The Morgan fingerprint density at radius 3 is 1.53 bits per heavy atom. The molecule has 0 unspecified atom stereocenters. The summed E-state index contributed by atoms with van der Waals surface area (Å²) in [5.74, 6) is 1.04. The maximum atomic E-state index is 5.81. The third-order valence-electron chi connectivity index (χ3n) is 4.14. The summed E-state index contributed by atoms with van der Waals surface area (Å²) in [6.45, 7) is 4.52. The van der Waals surface area contributed by atoms with Crippen LogP contribution in [0.3, 0.4) is 0 Å². The molecule has 0 fully saturated rings. The lowest BCUT2D eigenvalue weighted by Gasteiger charge is -2.15. The smallest absolute Gasteiger partial charge is 0.294 e. The molecule has 10 heteroatoms. The highest BCUT2D eigenvalue weighted by Gasteiger charge is 2.28. The third-order valence-corrected chi connectivity index (χ3v) is 4.14. The number of rotatable bonds is 8. The van der Waals surface area contributed by atoms with Crippen molar-refractivity contribution in [3.8, 4) is 11.4 Å². The summed E-state index contributed by atoms with van der Waals surface area (Å²) in [6.07, 6.45) is 0. The Hall–Kier alpha value is -4.08. The van der Waals surface area contributed by atoms with Gasteiger partial charge >= 0.3 is 0 Å². The van der Waals surface area contributed by atoms with Crippen molar-refractivity contribution in [3.63, 3.8) is 0 Å². The van der Waals surface area contributed by atoms with Crippen molar-refractivity contribution in [2.45, 2.75) is 13.8 Å². The number of hydrogen-bond acceptors (Lipinski definition) is 8. The van der Waals surface area contributed by atoms with E-state index in [9.17, 15) is 0 Å². The van der Waals surface area contributed by atoms with Gasteiger partial charge in [0.2, 0.25) is 0 Å². The van der Waals surface area contributed by atoms with E-state index in [0.29, 0.717) is 30.4 Å². The third kappa shape index (κ3) is 3.75. The number of ether oxygens (including phenoxy) is 2. The largest absolute Gasteiger partial charge is 0.465 e. The summed E-state index contributed by atoms with van der Waals surface area (Å²) >= 11 is 0. The second kappa shape index (κ2) is 8.95. The number of hydrogen-bond donors (Lipinski definition) is 0. The highest BCUT2D eigenvalue weighted by atomic mass is 16.7. The lowest BCUT2D eigenvalue weighted by atomic mass is 10.2. The Balaban J connectivity index is 1.95. The Morgan fingerprint density at radius 1 is 0.700 bits per heavy atom. The van der Waals surface area contributed by atoms with Crippen LogP contribution in [0.4, 0.5) is 0 Å². The number of para-hydroxylation sites is 2. The molecule has 0 atom stereocenters. The van der Waals surface area contributed by atoms with Gasteiger partial charge in [-0.2, -0.15) is 9.36 Å². The molecule has 0 N–H and O–H groups in total. The van der Waals surface area contributed by atoms with Crippen LogP contribution in [0.15, 0.2) is 66.6 Å². The first kappa shape index (κ1) is 19.2. The molecule has 2 heterocycles. The SMILES string of the molecule is CCOC(OCC)=C(c1nnnn1-c1ccccc1)c1nnnn1-c1ccccc1. The van der Waals surface area contributed by atoms with Gasteiger partial charge in [0.05, 0.1) is 24.6 Å². The highest BCUT2D eigenvalue weighted by molar-refractivity contribution is 5.74. The maximum absolute atomic E-state index is 5.81. The van der Waals surface area contributed by atoms with Gasteiger partial charge in [-0.3, -0.25) is 0 Å². The topological polar surface area (TPSA) is 106 Å². The van der Waals surface area contributed by atoms with Crippen molar-refractivity contribution < 1.29 is 9.47 Å². The van der Waals surface area contributed by atoms with E-state index in [1.807, 2.05) is 74.5 Å². The number of nitrogens with zero attached hydrogens (tertiary/aromatic N) is 8. The molecule has 0 amide bonds. The van der Waals surface area contributed by atoms with Gasteiger partial charge < -0.3 is 9.47 Å². The molecule has 0 bridgehead atoms. The monoisotopic (exact) mass is 404 g/mol. The minimum Gasteiger partial charge on any atom is -0.465 e. The van der Waals surface area contributed by atoms with Gasteiger partial charge in [-0.25, -0.2) is 0 Å². The van der Waals surface area contributed by atoms with E-state index in [2.05, 4.69) is 31.1 Å². The summed E-state index contributed by atoms with van der Waals surface area (Å²) in [5.41, 5.74) is 2.00. The molecule has 0 spiro atoms. The van der Waals surface area contributed by atoms with E-state index in [4.69, 9.17) is 9.47 Å². The van der Waals surface area contributed by atoms with Crippen molar-refractivity contribution in [2.75, 3.05) is 13.2 Å². The molecule has 0 radical (unpaired) electrons. The van der Waals surface area contributed by atoms with Crippen LogP contribution in [0.5, 0.6) is 0 Å². The van der Waals surface area contributed by atoms with Gasteiger partial charge in [-0.15, -0.1) is 10.2 Å². The lowest BCUT2D eigenvalue weighted by molar-refractivity contribution is 0.0489. The van der Waals surface area contributed by atoms with Crippen LogP contribution >= 0.6 is 0 Å². The van der Waals surface area contributed by atoms with Crippen LogP contribution in [0.25, 0.3) is 16.9 Å². The quantitative estimate of drug-likeness (QED) is 0.412. The van der Waals surface area contributed by atoms with E-state index >= 15 is 0 Å². The molecule has 30 heavy (non-hydrogen) atoms. The zero-order valence-electron chi connectivity index (χ0n) is 16.6. The average Bonchev–Trinajstić information content (AvgIpc) is 3.46. The fourth-order valence-corrected chi connectivity index (χ4v) is 2.90. The molecule has 4 aromatic rings. The van der Waals surface area contributed by atoms with Gasteiger partial charge in [0.1, 0.15) is 5.57 Å². The van der Waals surface area contributed by atoms with Crippen LogP contribution < -0.4 is 0 Å². The highest BCUT2D eigenvalue weighted by Crippen LogP contribution is 2.27. The minimum absolute atomic E-state index is 0.249. The van der Waals surface area contributed by atoms with Gasteiger partial charge in [0.15, 0.2) is 11.6 Å². The molecule has 0 aliphatic carbocycles. The van der Waals surface area contributed by atoms with E-state index in [-0.39, 0.29) is 5.95 Å². The van der Waals surface area contributed by atoms with E-state index in [1.165, 1.54) is 0 Å². The first-order valence-electron chi connectivity index (χ1n) is 9.51. The molecule has 0 saturated carbocycles. The summed E-state index contributed by atoms with van der Waals surface area (Å²) in [7, 11) is 0. The zero-order valence-corrected chi connectivity index (χ0v) is 16.6. The molecular formula is C20H20N8O2. The van der Waals surface area contributed by atoms with E-state index in [1.54, 1.807) is 9.36 Å². The number of benzene rings is 2. The van der Waals surface area contributed by atoms with E-state index < -0.39 is 0 Å². The summed E-state index contributed by atoms with van der Waals surface area (Å²) in [4.78, 5) is 0. The Kier molecular flexibility index (Phi) is 5.74. The van der Waals surface area contributed by atoms with E-state index in [0.717, 1.165) is 11.4 Å². The van der Waals surface area contributed by atoms with Gasteiger partial charge in [-0.05, 0) is 59.0 Å². The molecule has 152 valence electrons. The Morgan fingerprint density at radius 2 is 1.13 bits per heavy atom. The molecule has 10 nitrogen and oxygen atoms in total. The Bertz CT molecular complexity index is 1030. The molecule has 0 aliphatic rings. The molecule has 2 aromatic carbocycles. The summed E-state index contributed by atoms with van der Waals surface area (Å²) in [5, 5.41) is 24.5. The molecular weight excluding hydrogens is 384 g/mol. The minimum atomic E-state index is 0.249. The Labute approximate surface area is 172 Å². The van der Waals surface area contributed by atoms with Crippen LogP contribution in [-0.4, -0.2) is 53.6 Å². The van der Waals surface area contributed by atoms with Crippen LogP contribution in [0.1, 0.15) is 25.5 Å². The van der Waals surface area contributed by atoms with Crippen molar-refractivity contribution >= 4 is 5.57 Å². The first-order chi connectivity index (χ1) is 14.8. The lowest BCUT2D eigenvalue weighted by Crippen LogP contribution is -2.13. The maximum Gasteiger partial charge on any atom is 0.294 e. The predicted octanol–water partition coefficient (Wildman–Crippen LogP) is 2.43. The first-order valence-corrected chi connectivity index (χ1v) is 9.51. The predicted molar refractivity (Wildman–Crippen MR) is 108 cm³/mol. The number of tetrazole rings is 2. The standard InChI is InChI=1S/C20H20N8O2/c1-3-29-20(30-4-2)17(18-21-23-25-27(18)15-11-7-5-8-12-15)19-22-24-26-28(19)16-13-9-6-10-14-16/h5-14H,3-4H2,1-2H3. The van der Waals surface area contributed by atoms with Crippen molar-refractivity contribution in [1.82, 2.24) is 40.4 Å². The molecule has 0 aliphatic heterocycles. The fraction of sp³-hybridized carbons (Fsp3) is 0.200. The van der Waals surface area contributed by atoms with Crippen molar-refractivity contribution in [3.05, 3.63) is 78.3 Å². The fourth-order valence-electron chi connectivity index (χ4n) is 2.90. The second-order valence-electron chi connectivity index (χ2n) is 6.03. The molecule has 4 rings (SSSR count). The normalized spacial score (nSPS) is 10.6.